The molecule has 0 bridgehead atoms. The molecule has 1 aliphatic heterocycles. The van der Waals surface area contributed by atoms with Crippen LogP contribution in [-0.4, -0.2) is 34.9 Å². The molecule has 102 valence electrons. The van der Waals surface area contributed by atoms with Crippen molar-refractivity contribution in [2.24, 2.45) is 18.9 Å². The van der Waals surface area contributed by atoms with Gasteiger partial charge in [0.1, 0.15) is 5.56 Å². The number of nitrogens with one attached hydrogen (secondary N) is 1. The van der Waals surface area contributed by atoms with E-state index < -0.39 is 0 Å². The van der Waals surface area contributed by atoms with E-state index in [1.807, 2.05) is 0 Å². The zero-order valence-electron chi connectivity index (χ0n) is 11.3. The number of carbonyl (C=O) groups excluding carboxylic acids is 1. The van der Waals surface area contributed by atoms with Gasteiger partial charge in [0.05, 0.1) is 18.9 Å². The zero-order valence-corrected chi connectivity index (χ0v) is 11.3. The Bertz CT molecular complexity index is 598. The molecule has 1 N–H and O–H groups in total. The van der Waals surface area contributed by atoms with Crippen LogP contribution in [0.1, 0.15) is 21.6 Å². The first-order valence-electron chi connectivity index (χ1n) is 6.44. The number of hydrogen-bond acceptors (Lipinski definition) is 4. The number of rotatable bonds is 2. The van der Waals surface area contributed by atoms with Crippen molar-refractivity contribution in [3.05, 3.63) is 27.2 Å². The van der Waals surface area contributed by atoms with Crippen molar-refractivity contribution in [2.45, 2.75) is 19.9 Å². The molecular weight excluding hydrogens is 246 g/mol. The van der Waals surface area contributed by atoms with Crippen LogP contribution in [0, 0.1) is 25.7 Å². The smallest absolute Gasteiger partial charge is 0.279 e. The average molecular weight is 263 g/mol. The lowest BCUT2D eigenvalue weighted by Crippen LogP contribution is -2.37. The number of ether oxygens (including phenoxy) is 1. The third-order valence-electron chi connectivity index (χ3n) is 4.20. The standard InChI is InChI=1S/C13H17N3O3/c1-6-7(2)15-16(3)13(18)10(6)12(17)14-11-8-4-19-5-9(8)11/h8-9,11H,4-5H2,1-3H3,(H,14,17)/t8-,9+,11?. The largest absolute Gasteiger partial charge is 0.381 e. The summed E-state index contributed by atoms with van der Waals surface area (Å²) in [5, 5.41) is 7.02. The molecule has 1 unspecified atom stereocenters. The summed E-state index contributed by atoms with van der Waals surface area (Å²) in [7, 11) is 1.56. The monoisotopic (exact) mass is 263 g/mol. The third kappa shape index (κ3) is 1.87. The minimum Gasteiger partial charge on any atom is -0.381 e. The maximum atomic E-state index is 12.3. The van der Waals surface area contributed by atoms with E-state index in [4.69, 9.17) is 4.74 Å². The molecule has 19 heavy (non-hydrogen) atoms. The van der Waals surface area contributed by atoms with Gasteiger partial charge in [0.2, 0.25) is 0 Å². The molecule has 1 aromatic heterocycles. The van der Waals surface area contributed by atoms with Gasteiger partial charge in [-0.1, -0.05) is 0 Å². The molecule has 1 aromatic rings. The Morgan fingerprint density at radius 3 is 2.63 bits per heavy atom. The lowest BCUT2D eigenvalue weighted by Gasteiger charge is -2.11. The van der Waals surface area contributed by atoms with Crippen molar-refractivity contribution < 1.29 is 9.53 Å². The molecular formula is C13H17N3O3. The maximum Gasteiger partial charge on any atom is 0.279 e. The highest BCUT2D eigenvalue weighted by molar-refractivity contribution is 5.95. The maximum absolute atomic E-state index is 12.3. The second-order valence-corrected chi connectivity index (χ2v) is 5.38. The van der Waals surface area contributed by atoms with Crippen molar-refractivity contribution in [2.75, 3.05) is 13.2 Å². The topological polar surface area (TPSA) is 73.2 Å². The minimum absolute atomic E-state index is 0.166. The van der Waals surface area contributed by atoms with Crippen molar-refractivity contribution in [3.63, 3.8) is 0 Å². The molecule has 6 nitrogen and oxygen atoms in total. The van der Waals surface area contributed by atoms with Gasteiger partial charge in [-0.05, 0) is 19.4 Å². The van der Waals surface area contributed by atoms with Gasteiger partial charge in [-0.25, -0.2) is 4.68 Å². The van der Waals surface area contributed by atoms with Crippen LogP contribution in [0.2, 0.25) is 0 Å². The Hall–Kier alpha value is -1.69. The molecule has 1 aliphatic carbocycles. The van der Waals surface area contributed by atoms with Crippen molar-refractivity contribution >= 4 is 5.91 Å². The molecule has 2 fully saturated rings. The number of carbonyl (C=O) groups is 1. The summed E-state index contributed by atoms with van der Waals surface area (Å²) in [5.74, 6) is 0.565. The lowest BCUT2D eigenvalue weighted by molar-refractivity contribution is 0.0925. The number of hydrogen-bond donors (Lipinski definition) is 1. The fraction of sp³-hybridized carbons (Fsp3) is 0.615. The van der Waals surface area contributed by atoms with Crippen LogP contribution in [0.5, 0.6) is 0 Å². The molecule has 1 amide bonds. The van der Waals surface area contributed by atoms with Crippen LogP contribution in [0.25, 0.3) is 0 Å². The van der Waals surface area contributed by atoms with E-state index in [9.17, 15) is 9.59 Å². The highest BCUT2D eigenvalue weighted by Crippen LogP contribution is 2.44. The Balaban J connectivity index is 1.86. The van der Waals surface area contributed by atoms with Gasteiger partial charge in [-0.15, -0.1) is 0 Å². The Morgan fingerprint density at radius 2 is 2.00 bits per heavy atom. The van der Waals surface area contributed by atoms with Crippen molar-refractivity contribution in [3.8, 4) is 0 Å². The highest BCUT2D eigenvalue weighted by atomic mass is 16.5. The van der Waals surface area contributed by atoms with Crippen LogP contribution in [0.15, 0.2) is 4.79 Å². The van der Waals surface area contributed by atoms with E-state index in [-0.39, 0.29) is 23.1 Å². The number of fused-ring (bicyclic) bond motifs is 1. The van der Waals surface area contributed by atoms with Gasteiger partial charge >= 0.3 is 0 Å². The van der Waals surface area contributed by atoms with Crippen LogP contribution >= 0.6 is 0 Å². The van der Waals surface area contributed by atoms with Crippen molar-refractivity contribution in [1.29, 1.82) is 0 Å². The van der Waals surface area contributed by atoms with Crippen LogP contribution in [-0.2, 0) is 11.8 Å². The minimum atomic E-state index is -0.345. The fourth-order valence-electron chi connectivity index (χ4n) is 2.79. The number of aryl methyl sites for hydroxylation is 2. The van der Waals surface area contributed by atoms with Crippen molar-refractivity contribution in [1.82, 2.24) is 15.1 Å². The molecule has 2 heterocycles. The van der Waals surface area contributed by atoms with Gasteiger partial charge in [0.15, 0.2) is 0 Å². The average Bonchev–Trinajstić information content (AvgIpc) is 2.80. The van der Waals surface area contributed by atoms with Crippen LogP contribution in [0.3, 0.4) is 0 Å². The summed E-state index contributed by atoms with van der Waals surface area (Å²) >= 11 is 0. The SMILES string of the molecule is Cc1nn(C)c(=O)c(C(=O)NC2[C@H]3COC[C@@H]23)c1C. The molecule has 6 heteroatoms. The molecule has 0 aromatic carbocycles. The first kappa shape index (κ1) is 12.3. The molecule has 1 saturated heterocycles. The molecule has 1 saturated carbocycles. The van der Waals surface area contributed by atoms with Gasteiger partial charge < -0.3 is 10.1 Å². The Morgan fingerprint density at radius 1 is 1.37 bits per heavy atom. The predicted molar refractivity (Wildman–Crippen MR) is 68.0 cm³/mol. The Kier molecular flexibility index (Phi) is 2.70. The summed E-state index contributed by atoms with van der Waals surface area (Å²) in [6, 6.07) is 0.166. The fourth-order valence-corrected chi connectivity index (χ4v) is 2.79. The first-order valence-corrected chi connectivity index (χ1v) is 6.44. The first-order chi connectivity index (χ1) is 9.00. The summed E-state index contributed by atoms with van der Waals surface area (Å²) in [6.07, 6.45) is 0. The van der Waals surface area contributed by atoms with Crippen LogP contribution in [0.4, 0.5) is 0 Å². The molecule has 2 aliphatic rings. The third-order valence-corrected chi connectivity index (χ3v) is 4.20. The predicted octanol–water partition coefficient (Wildman–Crippen LogP) is -0.228. The number of nitrogens with zero attached hydrogens (tertiary/aromatic N) is 2. The van der Waals surface area contributed by atoms with E-state index in [1.165, 1.54) is 4.68 Å². The second-order valence-electron chi connectivity index (χ2n) is 5.38. The van der Waals surface area contributed by atoms with E-state index in [0.717, 1.165) is 0 Å². The van der Waals surface area contributed by atoms with Gasteiger partial charge in [-0.2, -0.15) is 5.10 Å². The Labute approximate surface area is 110 Å². The quantitative estimate of drug-likeness (QED) is 0.800. The molecule has 3 rings (SSSR count). The van der Waals surface area contributed by atoms with Gasteiger partial charge in [-0.3, -0.25) is 9.59 Å². The summed E-state index contributed by atoms with van der Waals surface area (Å²) in [6.45, 7) is 4.98. The second kappa shape index (κ2) is 4.16. The van der Waals surface area contributed by atoms with E-state index in [0.29, 0.717) is 36.3 Å². The van der Waals surface area contributed by atoms with Gasteiger partial charge in [0.25, 0.3) is 11.5 Å². The van der Waals surface area contributed by atoms with E-state index in [2.05, 4.69) is 10.4 Å². The van der Waals surface area contributed by atoms with Crippen LogP contribution < -0.4 is 10.9 Å². The summed E-state index contributed by atoms with van der Waals surface area (Å²) in [5.41, 5.74) is 1.22. The van der Waals surface area contributed by atoms with E-state index >= 15 is 0 Å². The number of amides is 1. The summed E-state index contributed by atoms with van der Waals surface area (Å²) < 4.78 is 6.50. The highest BCUT2D eigenvalue weighted by Gasteiger charge is 2.54. The van der Waals surface area contributed by atoms with E-state index in [1.54, 1.807) is 20.9 Å². The molecule has 3 atom stereocenters. The molecule has 0 radical (unpaired) electrons. The lowest BCUT2D eigenvalue weighted by atomic mass is 10.1. The number of aromatic nitrogens is 2. The zero-order chi connectivity index (χ0) is 13.7. The molecule has 0 spiro atoms. The normalized spacial score (nSPS) is 28.1. The van der Waals surface area contributed by atoms with Gasteiger partial charge in [0, 0.05) is 24.9 Å². The summed E-state index contributed by atoms with van der Waals surface area (Å²) in [4.78, 5) is 24.3.